The minimum absolute atomic E-state index is 0.0325. The highest BCUT2D eigenvalue weighted by atomic mass is 32.1. The highest BCUT2D eigenvalue weighted by Gasteiger charge is 2.18. The summed E-state index contributed by atoms with van der Waals surface area (Å²) in [5.41, 5.74) is 5.42. The Labute approximate surface area is 237 Å². The van der Waals surface area contributed by atoms with Gasteiger partial charge in [0.05, 0.1) is 18.2 Å². The molecule has 4 aromatic rings. The molecule has 0 radical (unpaired) electrons. The highest BCUT2D eigenvalue weighted by Crippen LogP contribution is 2.40. The minimum Gasteiger partial charge on any atom is -0.491 e. The zero-order valence-corrected chi connectivity index (χ0v) is 23.6. The third kappa shape index (κ3) is 6.39. The van der Waals surface area contributed by atoms with Crippen molar-refractivity contribution >= 4 is 27.1 Å². The average Bonchev–Trinajstić information content (AvgIpc) is 3.59. The Bertz CT molecular complexity index is 1620. The van der Waals surface area contributed by atoms with Crippen molar-refractivity contribution in [2.45, 2.75) is 32.8 Å². The van der Waals surface area contributed by atoms with Gasteiger partial charge in [0.2, 0.25) is 0 Å². The van der Waals surface area contributed by atoms with Gasteiger partial charge in [-0.05, 0) is 77.7 Å². The Morgan fingerprint density at radius 3 is 2.55 bits per heavy atom. The van der Waals surface area contributed by atoms with Gasteiger partial charge in [0, 0.05) is 29.2 Å². The van der Waals surface area contributed by atoms with E-state index in [2.05, 4.69) is 27.3 Å². The Kier molecular flexibility index (Phi) is 8.84. The van der Waals surface area contributed by atoms with Crippen molar-refractivity contribution in [1.29, 1.82) is 0 Å². The zero-order chi connectivity index (χ0) is 27.9. The second-order valence-corrected chi connectivity index (χ2v) is 10.5. The van der Waals surface area contributed by atoms with Gasteiger partial charge in [-0.1, -0.05) is 30.2 Å². The molecule has 0 bridgehead atoms. The molecule has 0 N–H and O–H groups in total. The fourth-order valence-electron chi connectivity index (χ4n) is 4.68. The molecule has 0 saturated heterocycles. The predicted molar refractivity (Wildman–Crippen MR) is 158 cm³/mol. The van der Waals surface area contributed by atoms with E-state index in [1.807, 2.05) is 74.5 Å². The summed E-state index contributed by atoms with van der Waals surface area (Å²) in [7, 11) is 1.64. The van der Waals surface area contributed by atoms with Crippen LogP contribution in [0.3, 0.4) is 0 Å². The normalized spacial score (nSPS) is 13.2. The molecule has 0 fully saturated rings. The van der Waals surface area contributed by atoms with Gasteiger partial charge >= 0.3 is 0 Å². The molecule has 0 unspecified atom stereocenters. The molecule has 1 aliphatic rings. The number of fused-ring (bicyclic) bond motifs is 1. The molecule has 1 aromatic heterocycles. The summed E-state index contributed by atoms with van der Waals surface area (Å²) >= 11 is 1.16. The van der Waals surface area contributed by atoms with Crippen LogP contribution >= 0.6 is 11.3 Å². The van der Waals surface area contributed by atoms with Gasteiger partial charge in [-0.2, -0.15) is 9.50 Å². The second-order valence-electron chi connectivity index (χ2n) is 9.46. The van der Waals surface area contributed by atoms with Crippen LogP contribution in [-0.4, -0.2) is 32.6 Å². The SMILES string of the molecule is CC#C[C@@H](CC1=NN=NC1)c1ccc(OCc2ccc3sc(F)c(-c4ccc(OCCOC)cc4C)c3c2)cc1. The van der Waals surface area contributed by atoms with E-state index < -0.39 is 0 Å². The molecular weight excluding hydrogens is 525 g/mol. The second kappa shape index (κ2) is 12.9. The summed E-state index contributed by atoms with van der Waals surface area (Å²) in [5.74, 6) is 7.81. The monoisotopic (exact) mass is 555 g/mol. The molecule has 0 aliphatic carbocycles. The number of hydrogen-bond donors (Lipinski definition) is 0. The first-order valence-corrected chi connectivity index (χ1v) is 13.9. The number of ether oxygens (including phenoxy) is 3. The van der Waals surface area contributed by atoms with Gasteiger partial charge in [0.25, 0.3) is 0 Å². The van der Waals surface area contributed by atoms with Crippen molar-refractivity contribution in [2.24, 2.45) is 15.4 Å². The lowest BCUT2D eigenvalue weighted by Gasteiger charge is -2.12. The first-order valence-electron chi connectivity index (χ1n) is 13.1. The third-order valence-corrected chi connectivity index (χ3v) is 7.64. The van der Waals surface area contributed by atoms with Crippen LogP contribution in [0.1, 0.15) is 36.0 Å². The Hall–Kier alpha value is -4.06. The van der Waals surface area contributed by atoms with Crippen molar-refractivity contribution in [3.8, 4) is 34.5 Å². The van der Waals surface area contributed by atoms with Crippen LogP contribution in [0.5, 0.6) is 11.5 Å². The first-order chi connectivity index (χ1) is 19.6. The van der Waals surface area contributed by atoms with Gasteiger partial charge in [0.15, 0.2) is 5.13 Å². The highest BCUT2D eigenvalue weighted by molar-refractivity contribution is 7.18. The Balaban J connectivity index is 1.30. The van der Waals surface area contributed by atoms with Crippen molar-refractivity contribution in [2.75, 3.05) is 26.9 Å². The molecule has 2 heterocycles. The Morgan fingerprint density at radius 1 is 1.00 bits per heavy atom. The van der Waals surface area contributed by atoms with Gasteiger partial charge in [-0.3, -0.25) is 0 Å². The van der Waals surface area contributed by atoms with E-state index in [9.17, 15) is 0 Å². The lowest BCUT2D eigenvalue weighted by atomic mass is 9.94. The molecule has 8 heteroatoms. The van der Waals surface area contributed by atoms with Gasteiger partial charge in [-0.15, -0.1) is 22.4 Å². The largest absolute Gasteiger partial charge is 0.491 e. The number of methoxy groups -OCH3 is 1. The van der Waals surface area contributed by atoms with E-state index in [4.69, 9.17) is 14.2 Å². The van der Waals surface area contributed by atoms with Crippen LogP contribution in [0.25, 0.3) is 21.2 Å². The minimum atomic E-state index is -0.199. The molecule has 6 nitrogen and oxygen atoms in total. The van der Waals surface area contributed by atoms with E-state index in [1.165, 1.54) is 0 Å². The van der Waals surface area contributed by atoms with Crippen LogP contribution < -0.4 is 9.47 Å². The van der Waals surface area contributed by atoms with Gasteiger partial charge in [-0.25, -0.2) is 0 Å². The fraction of sp³-hybridized carbons (Fsp3) is 0.281. The van der Waals surface area contributed by atoms with E-state index in [0.717, 1.165) is 60.9 Å². The van der Waals surface area contributed by atoms with Crippen LogP contribution in [0.2, 0.25) is 0 Å². The fourth-order valence-corrected chi connectivity index (χ4v) is 5.60. The summed E-state index contributed by atoms with van der Waals surface area (Å²) < 4.78 is 33.0. The number of hydrogen-bond acceptors (Lipinski definition) is 7. The molecule has 0 saturated carbocycles. The maximum Gasteiger partial charge on any atom is 0.185 e. The summed E-state index contributed by atoms with van der Waals surface area (Å²) in [6, 6.07) is 19.7. The number of thiophene rings is 1. The zero-order valence-electron chi connectivity index (χ0n) is 22.7. The standard InChI is InChI=1S/C32H30FN3O3S/c1-4-5-24(18-25-19-34-36-35-25)23-7-9-26(10-8-23)39-20-22-6-13-30-29(17-22)31(32(33)40-30)28-12-11-27(16-21(28)2)38-15-14-37-3/h6-13,16-17,24H,14-15,18-20H2,1-3H3/t24-/m0/s1. The molecule has 40 heavy (non-hydrogen) atoms. The smallest absolute Gasteiger partial charge is 0.185 e. The topological polar surface area (TPSA) is 64.8 Å². The average molecular weight is 556 g/mol. The lowest BCUT2D eigenvalue weighted by molar-refractivity contribution is 0.146. The van der Waals surface area contributed by atoms with Crippen molar-refractivity contribution in [1.82, 2.24) is 0 Å². The molecule has 3 aromatic carbocycles. The Morgan fingerprint density at radius 2 is 1.82 bits per heavy atom. The lowest BCUT2D eigenvalue weighted by Crippen LogP contribution is -2.07. The molecule has 204 valence electrons. The first kappa shape index (κ1) is 27.5. The number of aryl methyl sites for hydroxylation is 1. The number of benzene rings is 3. The van der Waals surface area contributed by atoms with Crippen molar-refractivity contribution in [3.05, 3.63) is 82.5 Å². The van der Waals surface area contributed by atoms with Gasteiger partial charge < -0.3 is 14.2 Å². The van der Waals surface area contributed by atoms with Gasteiger partial charge in [0.1, 0.15) is 31.3 Å². The number of rotatable bonds is 11. The molecule has 0 amide bonds. The summed E-state index contributed by atoms with van der Waals surface area (Å²) in [6.07, 6.45) is 0.705. The third-order valence-electron chi connectivity index (χ3n) is 6.68. The van der Waals surface area contributed by atoms with E-state index >= 15 is 4.39 Å². The number of halogens is 1. The van der Waals surface area contributed by atoms with Crippen LogP contribution in [0.4, 0.5) is 4.39 Å². The van der Waals surface area contributed by atoms with Crippen molar-refractivity contribution < 1.29 is 18.6 Å². The van der Waals surface area contributed by atoms with Crippen LogP contribution in [0.15, 0.2) is 76.1 Å². The van der Waals surface area contributed by atoms with Crippen LogP contribution in [-0.2, 0) is 11.3 Å². The molecular formula is C32H30FN3O3S. The molecule has 1 aliphatic heterocycles. The predicted octanol–water partition coefficient (Wildman–Crippen LogP) is 7.94. The molecule has 0 spiro atoms. The van der Waals surface area contributed by atoms with E-state index in [1.54, 1.807) is 7.11 Å². The quantitative estimate of drug-likeness (QED) is 0.139. The summed E-state index contributed by atoms with van der Waals surface area (Å²) in [4.78, 5) is 0. The summed E-state index contributed by atoms with van der Waals surface area (Å²) in [5, 5.41) is 12.4. The summed E-state index contributed by atoms with van der Waals surface area (Å²) in [6.45, 7) is 5.70. The van der Waals surface area contributed by atoms with Crippen molar-refractivity contribution in [3.63, 3.8) is 0 Å². The number of nitrogens with zero attached hydrogens (tertiary/aromatic N) is 3. The van der Waals surface area contributed by atoms with Crippen LogP contribution in [0, 0.1) is 23.9 Å². The van der Waals surface area contributed by atoms with E-state index in [0.29, 0.717) is 38.3 Å². The maximum atomic E-state index is 15.2. The van der Waals surface area contributed by atoms with E-state index in [-0.39, 0.29) is 11.0 Å². The molecule has 5 rings (SSSR count). The molecule has 1 atom stereocenters. The maximum absolute atomic E-state index is 15.2.